The Labute approximate surface area is 91.6 Å². The molecular weight excluding hydrogens is 246 g/mol. The Hall–Kier alpha value is -1.03. The third-order valence-electron chi connectivity index (χ3n) is 1.69. The molecule has 0 saturated carbocycles. The fourth-order valence-corrected chi connectivity index (χ4v) is 1.18. The van der Waals surface area contributed by atoms with E-state index in [2.05, 4.69) is 21.2 Å². The summed E-state index contributed by atoms with van der Waals surface area (Å²) in [6.45, 7) is 0.404. The van der Waals surface area contributed by atoms with Gasteiger partial charge in [0.2, 0.25) is 5.91 Å². The molecule has 0 unspecified atom stereocenters. The lowest BCUT2D eigenvalue weighted by Gasteiger charge is -2.04. The highest BCUT2D eigenvalue weighted by atomic mass is 79.9. The number of rotatable bonds is 4. The van der Waals surface area contributed by atoms with Crippen LogP contribution in [0.4, 0.5) is 0 Å². The van der Waals surface area contributed by atoms with Crippen LogP contribution in [0, 0.1) is 0 Å². The van der Waals surface area contributed by atoms with E-state index in [1.165, 1.54) is 0 Å². The molecule has 0 aliphatic heterocycles. The third-order valence-corrected chi connectivity index (χ3v) is 2.22. The van der Waals surface area contributed by atoms with E-state index in [1.54, 1.807) is 7.05 Å². The molecule has 0 fully saturated rings. The second-order valence-electron chi connectivity index (χ2n) is 2.73. The molecule has 76 valence electrons. The van der Waals surface area contributed by atoms with Gasteiger partial charge in [0.1, 0.15) is 5.75 Å². The van der Waals surface area contributed by atoms with Crippen LogP contribution in [0.3, 0.4) is 0 Å². The molecule has 4 heteroatoms. The average molecular weight is 258 g/mol. The minimum atomic E-state index is -0.0119. The van der Waals surface area contributed by atoms with Crippen molar-refractivity contribution in [3.63, 3.8) is 0 Å². The van der Waals surface area contributed by atoms with Crippen molar-refractivity contribution < 1.29 is 9.53 Å². The molecule has 0 spiro atoms. The van der Waals surface area contributed by atoms with Gasteiger partial charge in [0, 0.05) is 11.5 Å². The Bertz CT molecular complexity index is 297. The van der Waals surface area contributed by atoms with Crippen LogP contribution >= 0.6 is 15.9 Å². The van der Waals surface area contributed by atoms with Gasteiger partial charge in [-0.3, -0.25) is 4.79 Å². The standard InChI is InChI=1S/C10H12BrNO2/c1-12-10(13)6-7-14-9-4-2-8(11)3-5-9/h2-5H,6-7H2,1H3,(H,12,13). The fraction of sp³-hybridized carbons (Fsp3) is 0.300. The number of benzene rings is 1. The van der Waals surface area contributed by atoms with Crippen molar-refractivity contribution in [3.05, 3.63) is 28.7 Å². The van der Waals surface area contributed by atoms with Gasteiger partial charge in [0.15, 0.2) is 0 Å². The molecular formula is C10H12BrNO2. The highest BCUT2D eigenvalue weighted by Gasteiger charge is 1.98. The van der Waals surface area contributed by atoms with Crippen molar-refractivity contribution in [1.29, 1.82) is 0 Å². The van der Waals surface area contributed by atoms with Gasteiger partial charge in [-0.25, -0.2) is 0 Å². The molecule has 1 aromatic carbocycles. The molecule has 0 saturated heterocycles. The number of amides is 1. The van der Waals surface area contributed by atoms with Gasteiger partial charge in [0.25, 0.3) is 0 Å². The smallest absolute Gasteiger partial charge is 0.223 e. The number of carbonyl (C=O) groups is 1. The van der Waals surface area contributed by atoms with Gasteiger partial charge in [-0.2, -0.15) is 0 Å². The van der Waals surface area contributed by atoms with Gasteiger partial charge in [-0.05, 0) is 24.3 Å². The molecule has 0 aromatic heterocycles. The summed E-state index contributed by atoms with van der Waals surface area (Å²) in [6, 6.07) is 7.51. The number of ether oxygens (including phenoxy) is 1. The Morgan fingerprint density at radius 3 is 2.64 bits per heavy atom. The largest absolute Gasteiger partial charge is 0.493 e. The predicted molar refractivity (Wildman–Crippen MR) is 58.3 cm³/mol. The van der Waals surface area contributed by atoms with E-state index >= 15 is 0 Å². The summed E-state index contributed by atoms with van der Waals surface area (Å²) in [5.74, 6) is 0.763. The van der Waals surface area contributed by atoms with Crippen LogP contribution < -0.4 is 10.1 Å². The van der Waals surface area contributed by atoms with E-state index in [-0.39, 0.29) is 5.91 Å². The average Bonchev–Trinajstić information content (AvgIpc) is 2.21. The van der Waals surface area contributed by atoms with Gasteiger partial charge in [-0.1, -0.05) is 15.9 Å². The Morgan fingerprint density at radius 1 is 1.43 bits per heavy atom. The first-order chi connectivity index (χ1) is 6.72. The Kier molecular flexibility index (Phi) is 4.46. The monoisotopic (exact) mass is 257 g/mol. The van der Waals surface area contributed by atoms with Crippen LogP contribution in [0.5, 0.6) is 5.75 Å². The lowest BCUT2D eigenvalue weighted by Crippen LogP contribution is -2.20. The minimum absolute atomic E-state index is 0.0119. The van der Waals surface area contributed by atoms with Gasteiger partial charge >= 0.3 is 0 Å². The molecule has 14 heavy (non-hydrogen) atoms. The van der Waals surface area contributed by atoms with E-state index in [0.717, 1.165) is 10.2 Å². The van der Waals surface area contributed by atoms with Crippen molar-refractivity contribution in [2.24, 2.45) is 0 Å². The molecule has 0 radical (unpaired) electrons. The molecule has 1 N–H and O–H groups in total. The molecule has 0 aliphatic carbocycles. The van der Waals surface area contributed by atoms with Gasteiger partial charge in [0.05, 0.1) is 13.0 Å². The molecule has 1 amide bonds. The van der Waals surface area contributed by atoms with Crippen LogP contribution in [-0.2, 0) is 4.79 Å². The van der Waals surface area contributed by atoms with Gasteiger partial charge < -0.3 is 10.1 Å². The lowest BCUT2D eigenvalue weighted by molar-refractivity contribution is -0.121. The number of hydrogen-bond acceptors (Lipinski definition) is 2. The van der Waals surface area contributed by atoms with Crippen molar-refractivity contribution >= 4 is 21.8 Å². The van der Waals surface area contributed by atoms with Crippen molar-refractivity contribution in [2.45, 2.75) is 6.42 Å². The summed E-state index contributed by atoms with van der Waals surface area (Å²) >= 11 is 3.33. The zero-order chi connectivity index (χ0) is 10.4. The number of halogens is 1. The predicted octanol–water partition coefficient (Wildman–Crippen LogP) is 1.96. The second kappa shape index (κ2) is 5.65. The Balaban J connectivity index is 2.31. The maximum atomic E-state index is 10.9. The molecule has 3 nitrogen and oxygen atoms in total. The first-order valence-corrected chi connectivity index (χ1v) is 5.10. The van der Waals surface area contributed by atoms with Crippen LogP contribution in [0.2, 0.25) is 0 Å². The highest BCUT2D eigenvalue weighted by Crippen LogP contribution is 2.15. The minimum Gasteiger partial charge on any atom is -0.493 e. The van der Waals surface area contributed by atoms with E-state index in [0.29, 0.717) is 13.0 Å². The summed E-state index contributed by atoms with van der Waals surface area (Å²) in [4.78, 5) is 10.9. The lowest BCUT2D eigenvalue weighted by atomic mass is 10.3. The van der Waals surface area contributed by atoms with Crippen molar-refractivity contribution in [1.82, 2.24) is 5.32 Å². The first kappa shape index (κ1) is 11.0. The fourth-order valence-electron chi connectivity index (χ4n) is 0.917. The molecule has 1 rings (SSSR count). The summed E-state index contributed by atoms with van der Waals surface area (Å²) < 4.78 is 6.36. The van der Waals surface area contributed by atoms with E-state index in [4.69, 9.17) is 4.74 Å². The maximum Gasteiger partial charge on any atom is 0.223 e. The zero-order valence-corrected chi connectivity index (χ0v) is 9.50. The molecule has 0 heterocycles. The van der Waals surface area contributed by atoms with Crippen LogP contribution in [0.15, 0.2) is 28.7 Å². The van der Waals surface area contributed by atoms with E-state index in [9.17, 15) is 4.79 Å². The zero-order valence-electron chi connectivity index (χ0n) is 7.92. The number of carbonyl (C=O) groups excluding carboxylic acids is 1. The first-order valence-electron chi connectivity index (χ1n) is 4.31. The summed E-state index contributed by atoms with van der Waals surface area (Å²) in [7, 11) is 1.61. The Morgan fingerprint density at radius 2 is 2.07 bits per heavy atom. The SMILES string of the molecule is CNC(=O)CCOc1ccc(Br)cc1. The number of nitrogens with one attached hydrogen (secondary N) is 1. The topological polar surface area (TPSA) is 38.3 Å². The molecule has 0 aliphatic rings. The van der Waals surface area contributed by atoms with Crippen LogP contribution in [0.25, 0.3) is 0 Å². The molecule has 0 bridgehead atoms. The molecule has 1 aromatic rings. The van der Waals surface area contributed by atoms with E-state index in [1.807, 2.05) is 24.3 Å². The van der Waals surface area contributed by atoms with Crippen LogP contribution in [-0.4, -0.2) is 19.6 Å². The maximum absolute atomic E-state index is 10.9. The summed E-state index contributed by atoms with van der Waals surface area (Å²) in [5.41, 5.74) is 0. The van der Waals surface area contributed by atoms with Crippen molar-refractivity contribution in [2.75, 3.05) is 13.7 Å². The molecule has 0 atom stereocenters. The third kappa shape index (κ3) is 3.79. The van der Waals surface area contributed by atoms with Crippen molar-refractivity contribution in [3.8, 4) is 5.75 Å². The highest BCUT2D eigenvalue weighted by molar-refractivity contribution is 9.10. The van der Waals surface area contributed by atoms with Gasteiger partial charge in [-0.15, -0.1) is 0 Å². The second-order valence-corrected chi connectivity index (χ2v) is 3.64. The van der Waals surface area contributed by atoms with E-state index < -0.39 is 0 Å². The normalized spacial score (nSPS) is 9.57. The van der Waals surface area contributed by atoms with Crippen LogP contribution in [0.1, 0.15) is 6.42 Å². The summed E-state index contributed by atoms with van der Waals surface area (Å²) in [6.07, 6.45) is 0.382. The quantitative estimate of drug-likeness (QED) is 0.896. The summed E-state index contributed by atoms with van der Waals surface area (Å²) in [5, 5.41) is 2.53. The number of hydrogen-bond donors (Lipinski definition) is 1.